The number of hydrogen-bond donors (Lipinski definition) is 1. The van der Waals surface area contributed by atoms with Crippen molar-refractivity contribution in [3.63, 3.8) is 0 Å². The van der Waals surface area contributed by atoms with Crippen LogP contribution in [0, 0.1) is 5.92 Å². The number of aryl methyl sites for hydroxylation is 1. The topological polar surface area (TPSA) is 72.3 Å². The number of hydrogen-bond acceptors (Lipinski definition) is 6. The van der Waals surface area contributed by atoms with Crippen molar-refractivity contribution in [3.05, 3.63) is 6.33 Å². The van der Waals surface area contributed by atoms with Crippen molar-refractivity contribution in [1.29, 1.82) is 0 Å². The van der Waals surface area contributed by atoms with Crippen LogP contribution >= 0.6 is 11.8 Å². The normalized spacial score (nSPS) is 33.4. The lowest BCUT2D eigenvalue weighted by molar-refractivity contribution is -0.126. The molecule has 0 unspecified atom stereocenters. The largest absolute Gasteiger partial charge is 0.376 e. The fourth-order valence-corrected chi connectivity index (χ4v) is 4.80. The molecule has 1 aromatic rings. The number of nitrogens with zero attached hydrogens (tertiary/aromatic N) is 4. The highest BCUT2D eigenvalue weighted by molar-refractivity contribution is 7.99. The van der Waals surface area contributed by atoms with Gasteiger partial charge < -0.3 is 14.6 Å². The summed E-state index contributed by atoms with van der Waals surface area (Å²) < 4.78 is 7.73. The van der Waals surface area contributed by atoms with E-state index < -0.39 is 0 Å². The lowest BCUT2D eigenvalue weighted by Gasteiger charge is -2.51. The summed E-state index contributed by atoms with van der Waals surface area (Å²) in [5.74, 6) is 0.954. The van der Waals surface area contributed by atoms with E-state index in [1.807, 2.05) is 11.6 Å². The van der Waals surface area contributed by atoms with E-state index >= 15 is 0 Å². The van der Waals surface area contributed by atoms with Gasteiger partial charge in [-0.15, -0.1) is 10.2 Å². The molecule has 3 fully saturated rings. The first-order valence-electron chi connectivity index (χ1n) is 8.36. The van der Waals surface area contributed by atoms with Crippen molar-refractivity contribution >= 4 is 17.7 Å². The molecular formula is C15H23N5O2S. The summed E-state index contributed by atoms with van der Waals surface area (Å²) in [7, 11) is 1.88. The predicted octanol–water partition coefficient (Wildman–Crippen LogP) is 0.275. The monoisotopic (exact) mass is 337 g/mol. The van der Waals surface area contributed by atoms with Gasteiger partial charge in [-0.1, -0.05) is 11.8 Å². The molecule has 1 saturated carbocycles. The zero-order valence-corrected chi connectivity index (χ0v) is 14.2. The summed E-state index contributed by atoms with van der Waals surface area (Å²) in [5.41, 5.74) is 0. The van der Waals surface area contributed by atoms with Gasteiger partial charge in [0, 0.05) is 19.6 Å². The van der Waals surface area contributed by atoms with E-state index in [1.54, 1.807) is 6.33 Å². The van der Waals surface area contributed by atoms with Crippen molar-refractivity contribution in [3.8, 4) is 0 Å². The minimum atomic E-state index is 0.0811. The molecule has 0 bridgehead atoms. The van der Waals surface area contributed by atoms with Gasteiger partial charge in [0.15, 0.2) is 5.16 Å². The number of likely N-dealkylation sites (tertiary alicyclic amines) is 1. The van der Waals surface area contributed by atoms with Gasteiger partial charge in [0.05, 0.1) is 23.9 Å². The second-order valence-electron chi connectivity index (χ2n) is 6.63. The van der Waals surface area contributed by atoms with Crippen LogP contribution in [0.1, 0.15) is 19.3 Å². The predicted molar refractivity (Wildman–Crippen MR) is 86.1 cm³/mol. The molecule has 1 aliphatic carbocycles. The molecular weight excluding hydrogens is 314 g/mol. The molecule has 0 radical (unpaired) electrons. The van der Waals surface area contributed by atoms with Gasteiger partial charge in [0.2, 0.25) is 5.91 Å². The number of thioether (sulfide) groups is 1. The van der Waals surface area contributed by atoms with Gasteiger partial charge in [-0.2, -0.15) is 0 Å². The lowest BCUT2D eigenvalue weighted by atomic mass is 9.70. The Morgan fingerprint density at radius 1 is 1.48 bits per heavy atom. The molecule has 23 heavy (non-hydrogen) atoms. The van der Waals surface area contributed by atoms with Crippen molar-refractivity contribution < 1.29 is 9.53 Å². The Kier molecular flexibility index (Phi) is 4.29. The lowest BCUT2D eigenvalue weighted by Crippen LogP contribution is -2.70. The number of ether oxygens (including phenoxy) is 1. The molecule has 0 aromatic carbocycles. The fourth-order valence-electron chi connectivity index (χ4n) is 4.10. The highest BCUT2D eigenvalue weighted by atomic mass is 32.2. The molecule has 1 N–H and O–H groups in total. The van der Waals surface area contributed by atoms with E-state index in [0.717, 1.165) is 31.3 Å². The number of rotatable bonds is 5. The number of amides is 1. The Balaban J connectivity index is 1.34. The Morgan fingerprint density at radius 2 is 2.30 bits per heavy atom. The third-order valence-electron chi connectivity index (χ3n) is 5.24. The molecule has 3 heterocycles. The van der Waals surface area contributed by atoms with Crippen molar-refractivity contribution in [2.24, 2.45) is 13.0 Å². The maximum atomic E-state index is 12.4. The summed E-state index contributed by atoms with van der Waals surface area (Å²) in [6, 6.07) is 0.613. The first kappa shape index (κ1) is 15.4. The molecule has 126 valence electrons. The van der Waals surface area contributed by atoms with E-state index in [9.17, 15) is 4.79 Å². The zero-order valence-electron chi connectivity index (χ0n) is 13.4. The van der Waals surface area contributed by atoms with E-state index in [4.69, 9.17) is 4.74 Å². The minimum absolute atomic E-state index is 0.0811. The van der Waals surface area contributed by atoms with Crippen LogP contribution in [0.4, 0.5) is 0 Å². The van der Waals surface area contributed by atoms with Crippen LogP contribution in [0.25, 0.3) is 0 Å². The fraction of sp³-hybridized carbons (Fsp3) is 0.800. The summed E-state index contributed by atoms with van der Waals surface area (Å²) in [6.07, 6.45) is 5.56. The summed E-state index contributed by atoms with van der Waals surface area (Å²) >= 11 is 1.43. The van der Waals surface area contributed by atoms with Gasteiger partial charge in [-0.05, 0) is 32.4 Å². The molecule has 2 saturated heterocycles. The van der Waals surface area contributed by atoms with Crippen LogP contribution < -0.4 is 5.32 Å². The highest BCUT2D eigenvalue weighted by Gasteiger charge is 2.56. The Bertz CT molecular complexity index is 569. The van der Waals surface area contributed by atoms with Crippen LogP contribution in [0.15, 0.2) is 11.5 Å². The van der Waals surface area contributed by atoms with Crippen LogP contribution in [0.5, 0.6) is 0 Å². The first-order chi connectivity index (χ1) is 11.2. The molecule has 7 nitrogen and oxygen atoms in total. The van der Waals surface area contributed by atoms with E-state index in [-0.39, 0.29) is 11.9 Å². The molecule has 4 rings (SSSR count). The van der Waals surface area contributed by atoms with Crippen LogP contribution in [0.2, 0.25) is 0 Å². The minimum Gasteiger partial charge on any atom is -0.376 e. The third kappa shape index (κ3) is 2.88. The van der Waals surface area contributed by atoms with Gasteiger partial charge in [-0.25, -0.2) is 0 Å². The summed E-state index contributed by atoms with van der Waals surface area (Å²) in [6.45, 7) is 3.11. The standard InChI is InChI=1S/C15H23N5O2S/c1-19-9-16-18-15(19)23-8-11(21)17-12-10-4-7-22-14(10)13(12)20-5-2-3-6-20/h9-10,12-14H,2-8H2,1H3,(H,17,21)/t10-,12+,13-,14-/m1/s1. The number of nitrogens with one attached hydrogen (secondary N) is 1. The molecule has 3 aliphatic rings. The van der Waals surface area contributed by atoms with Crippen LogP contribution in [0.3, 0.4) is 0 Å². The maximum Gasteiger partial charge on any atom is 0.230 e. The Labute approximate surface area is 140 Å². The summed E-state index contributed by atoms with van der Waals surface area (Å²) in [4.78, 5) is 14.9. The number of carbonyl (C=O) groups is 1. The summed E-state index contributed by atoms with van der Waals surface area (Å²) in [5, 5.41) is 11.9. The Morgan fingerprint density at radius 3 is 3.04 bits per heavy atom. The first-order valence-corrected chi connectivity index (χ1v) is 9.34. The van der Waals surface area contributed by atoms with E-state index in [2.05, 4.69) is 20.4 Å². The van der Waals surface area contributed by atoms with E-state index in [1.165, 1.54) is 24.6 Å². The molecule has 8 heteroatoms. The number of fused-ring (bicyclic) bond motifs is 1. The van der Waals surface area contributed by atoms with Gasteiger partial charge in [0.1, 0.15) is 6.33 Å². The maximum absolute atomic E-state index is 12.4. The third-order valence-corrected chi connectivity index (χ3v) is 6.28. The van der Waals surface area contributed by atoms with Crippen molar-refractivity contribution in [2.45, 2.75) is 42.6 Å². The average molecular weight is 337 g/mol. The highest BCUT2D eigenvalue weighted by Crippen LogP contribution is 2.42. The van der Waals surface area contributed by atoms with Crippen LogP contribution in [-0.2, 0) is 16.6 Å². The number of aromatic nitrogens is 3. The van der Waals surface area contributed by atoms with Gasteiger partial charge in [-0.3, -0.25) is 9.69 Å². The smallest absolute Gasteiger partial charge is 0.230 e. The van der Waals surface area contributed by atoms with Gasteiger partial charge >= 0.3 is 0 Å². The molecule has 1 amide bonds. The zero-order chi connectivity index (χ0) is 15.8. The van der Waals surface area contributed by atoms with E-state index in [0.29, 0.717) is 23.8 Å². The Hall–Kier alpha value is -1.12. The SMILES string of the molecule is Cn1cnnc1SCC(=O)N[C@H]1[C@H]2CCO[C@H]2[C@@H]1N1CCCC1. The molecule has 1 aromatic heterocycles. The second-order valence-corrected chi connectivity index (χ2v) is 7.57. The van der Waals surface area contributed by atoms with Crippen molar-refractivity contribution in [2.75, 3.05) is 25.4 Å². The quantitative estimate of drug-likeness (QED) is 0.778. The second kappa shape index (κ2) is 6.41. The van der Waals surface area contributed by atoms with Crippen molar-refractivity contribution in [1.82, 2.24) is 25.0 Å². The van der Waals surface area contributed by atoms with Crippen LogP contribution in [-0.4, -0.2) is 69.2 Å². The van der Waals surface area contributed by atoms with Gasteiger partial charge in [0.25, 0.3) is 0 Å². The number of carbonyl (C=O) groups excluding carboxylic acids is 1. The molecule has 0 spiro atoms. The average Bonchev–Trinajstić information content (AvgIpc) is 3.25. The molecule has 2 aliphatic heterocycles. The molecule has 4 atom stereocenters.